The first-order valence-electron chi connectivity index (χ1n) is 8.89. The van der Waals surface area contributed by atoms with Gasteiger partial charge in [-0.15, -0.1) is 0 Å². The molecular formula is C19H19N3O5. The van der Waals surface area contributed by atoms with Gasteiger partial charge < -0.3 is 14.9 Å². The Labute approximate surface area is 155 Å². The summed E-state index contributed by atoms with van der Waals surface area (Å²) in [5.74, 6) is -0.917. The second-order valence-electron chi connectivity index (χ2n) is 6.98. The lowest BCUT2D eigenvalue weighted by molar-refractivity contribution is -0.136. The van der Waals surface area contributed by atoms with Crippen LogP contribution >= 0.6 is 0 Å². The first-order chi connectivity index (χ1) is 12.9. The molecule has 4 rings (SSSR count). The standard InChI is InChI=1S/C19H19N3O5/c23-16-4-3-15(17(24)20-16)22-10-13-9-12(1-2-14(13)18(22)25)11-5-7-21(8-6-11)19(26)27/h1-2,5,9,15H,3-4,6-8,10H2,(H,26,27)(H,20,23,24)/t15-/m0/s1. The molecule has 1 aromatic carbocycles. The fraction of sp³-hybridized carbons (Fsp3) is 0.368. The molecule has 0 unspecified atom stereocenters. The molecule has 8 heteroatoms. The van der Waals surface area contributed by atoms with Crippen LogP contribution in [0.2, 0.25) is 0 Å². The van der Waals surface area contributed by atoms with Gasteiger partial charge in [0.25, 0.3) is 5.91 Å². The van der Waals surface area contributed by atoms with Crippen molar-refractivity contribution < 1.29 is 24.3 Å². The first kappa shape index (κ1) is 17.3. The van der Waals surface area contributed by atoms with E-state index in [-0.39, 0.29) is 18.2 Å². The van der Waals surface area contributed by atoms with E-state index in [9.17, 15) is 19.2 Å². The van der Waals surface area contributed by atoms with Crippen LogP contribution in [0, 0.1) is 0 Å². The molecule has 3 heterocycles. The summed E-state index contributed by atoms with van der Waals surface area (Å²) in [6.45, 7) is 1.13. The Morgan fingerprint density at radius 1 is 1.19 bits per heavy atom. The predicted molar refractivity (Wildman–Crippen MR) is 94.7 cm³/mol. The largest absolute Gasteiger partial charge is 0.465 e. The van der Waals surface area contributed by atoms with Crippen LogP contribution in [-0.4, -0.2) is 57.9 Å². The van der Waals surface area contributed by atoms with Gasteiger partial charge in [0, 0.05) is 31.6 Å². The molecule has 0 aromatic heterocycles. The average molecular weight is 369 g/mol. The quantitative estimate of drug-likeness (QED) is 0.762. The van der Waals surface area contributed by atoms with Crippen LogP contribution in [0.1, 0.15) is 40.7 Å². The number of nitrogens with one attached hydrogen (secondary N) is 1. The molecule has 0 aliphatic carbocycles. The summed E-state index contributed by atoms with van der Waals surface area (Å²) in [5, 5.41) is 11.3. The van der Waals surface area contributed by atoms with Crippen LogP contribution < -0.4 is 5.32 Å². The highest BCUT2D eigenvalue weighted by molar-refractivity contribution is 6.05. The van der Waals surface area contributed by atoms with E-state index in [1.165, 1.54) is 9.80 Å². The number of carbonyl (C=O) groups is 4. The van der Waals surface area contributed by atoms with Gasteiger partial charge >= 0.3 is 6.09 Å². The molecule has 3 aliphatic rings. The summed E-state index contributed by atoms with van der Waals surface area (Å²) in [4.78, 5) is 50.0. The minimum absolute atomic E-state index is 0.194. The third kappa shape index (κ3) is 3.07. The lowest BCUT2D eigenvalue weighted by atomic mass is 9.96. The predicted octanol–water partition coefficient (Wildman–Crippen LogP) is 1.21. The summed E-state index contributed by atoms with van der Waals surface area (Å²) in [5.41, 5.74) is 3.45. The molecule has 27 heavy (non-hydrogen) atoms. The van der Waals surface area contributed by atoms with E-state index in [2.05, 4.69) is 5.32 Å². The molecule has 1 aromatic rings. The van der Waals surface area contributed by atoms with Crippen molar-refractivity contribution in [2.24, 2.45) is 0 Å². The lowest BCUT2D eigenvalue weighted by Crippen LogP contribution is -2.52. The van der Waals surface area contributed by atoms with Crippen molar-refractivity contribution in [2.45, 2.75) is 31.8 Å². The van der Waals surface area contributed by atoms with Crippen LogP contribution in [-0.2, 0) is 16.1 Å². The van der Waals surface area contributed by atoms with Crippen molar-refractivity contribution in [1.82, 2.24) is 15.1 Å². The molecule has 1 atom stereocenters. The second-order valence-corrected chi connectivity index (χ2v) is 6.98. The van der Waals surface area contributed by atoms with E-state index in [1.54, 1.807) is 6.07 Å². The zero-order chi connectivity index (χ0) is 19.1. The highest BCUT2D eigenvalue weighted by Crippen LogP contribution is 2.31. The summed E-state index contributed by atoms with van der Waals surface area (Å²) < 4.78 is 0. The smallest absolute Gasteiger partial charge is 0.407 e. The van der Waals surface area contributed by atoms with Gasteiger partial charge in [-0.25, -0.2) is 4.79 Å². The van der Waals surface area contributed by atoms with Gasteiger partial charge in [-0.1, -0.05) is 12.1 Å². The van der Waals surface area contributed by atoms with Gasteiger partial charge in [-0.3, -0.25) is 19.7 Å². The number of amides is 4. The summed E-state index contributed by atoms with van der Waals surface area (Å²) >= 11 is 0. The van der Waals surface area contributed by atoms with Crippen LogP contribution in [0.5, 0.6) is 0 Å². The van der Waals surface area contributed by atoms with E-state index in [1.807, 2.05) is 18.2 Å². The number of nitrogens with zero attached hydrogens (tertiary/aromatic N) is 2. The van der Waals surface area contributed by atoms with E-state index < -0.39 is 18.0 Å². The van der Waals surface area contributed by atoms with Crippen molar-refractivity contribution >= 4 is 29.4 Å². The van der Waals surface area contributed by atoms with Crippen LogP contribution in [0.15, 0.2) is 24.3 Å². The Bertz CT molecular complexity index is 891. The Morgan fingerprint density at radius 2 is 2.00 bits per heavy atom. The zero-order valence-corrected chi connectivity index (χ0v) is 14.6. The van der Waals surface area contributed by atoms with Gasteiger partial charge in [0.2, 0.25) is 11.8 Å². The van der Waals surface area contributed by atoms with Crippen molar-refractivity contribution in [1.29, 1.82) is 0 Å². The fourth-order valence-electron chi connectivity index (χ4n) is 3.88. The van der Waals surface area contributed by atoms with Crippen LogP contribution in [0.25, 0.3) is 5.57 Å². The van der Waals surface area contributed by atoms with Gasteiger partial charge in [-0.05, 0) is 41.7 Å². The lowest BCUT2D eigenvalue weighted by Gasteiger charge is -2.29. The van der Waals surface area contributed by atoms with E-state index >= 15 is 0 Å². The summed E-state index contributed by atoms with van der Waals surface area (Å²) in [6.07, 6.45) is 2.16. The third-order valence-corrected chi connectivity index (χ3v) is 5.37. The molecule has 0 spiro atoms. The topological polar surface area (TPSA) is 107 Å². The summed E-state index contributed by atoms with van der Waals surface area (Å²) in [6, 6.07) is 4.96. The fourth-order valence-corrected chi connectivity index (χ4v) is 3.88. The van der Waals surface area contributed by atoms with Crippen molar-refractivity contribution in [3.05, 3.63) is 41.0 Å². The van der Waals surface area contributed by atoms with Crippen molar-refractivity contribution in [3.8, 4) is 0 Å². The molecule has 4 amide bonds. The molecule has 0 saturated carbocycles. The molecule has 1 saturated heterocycles. The Kier molecular flexibility index (Phi) is 4.18. The molecule has 140 valence electrons. The Hall–Kier alpha value is -3.16. The molecule has 8 nitrogen and oxygen atoms in total. The number of rotatable bonds is 2. The van der Waals surface area contributed by atoms with Crippen LogP contribution in [0.3, 0.4) is 0 Å². The number of imide groups is 1. The minimum Gasteiger partial charge on any atom is -0.465 e. The Morgan fingerprint density at radius 3 is 2.67 bits per heavy atom. The number of hydrogen-bond donors (Lipinski definition) is 2. The highest BCUT2D eigenvalue weighted by Gasteiger charge is 2.39. The van der Waals surface area contributed by atoms with Gasteiger partial charge in [-0.2, -0.15) is 0 Å². The van der Waals surface area contributed by atoms with Crippen molar-refractivity contribution in [2.75, 3.05) is 13.1 Å². The third-order valence-electron chi connectivity index (χ3n) is 5.37. The van der Waals surface area contributed by atoms with E-state index in [0.29, 0.717) is 38.0 Å². The number of carbonyl (C=O) groups excluding carboxylic acids is 3. The van der Waals surface area contributed by atoms with Gasteiger partial charge in [0.15, 0.2) is 0 Å². The molecule has 0 bridgehead atoms. The van der Waals surface area contributed by atoms with E-state index in [0.717, 1.165) is 16.7 Å². The van der Waals surface area contributed by atoms with Gasteiger partial charge in [0.05, 0.1) is 0 Å². The van der Waals surface area contributed by atoms with Crippen molar-refractivity contribution in [3.63, 3.8) is 0 Å². The number of hydrogen-bond acceptors (Lipinski definition) is 4. The van der Waals surface area contributed by atoms with Gasteiger partial charge in [0.1, 0.15) is 6.04 Å². The zero-order valence-electron chi connectivity index (χ0n) is 14.6. The Balaban J connectivity index is 1.54. The maximum Gasteiger partial charge on any atom is 0.407 e. The normalized spacial score (nSPS) is 22.4. The molecule has 2 N–H and O–H groups in total. The number of carboxylic acid groups (broad SMARTS) is 1. The summed E-state index contributed by atoms with van der Waals surface area (Å²) in [7, 11) is 0. The molecule has 1 fully saturated rings. The maximum atomic E-state index is 12.7. The monoisotopic (exact) mass is 369 g/mol. The number of fused-ring (bicyclic) bond motifs is 1. The SMILES string of the molecule is O=C1CC[C@H](N2Cc3cc(C4=CCN(C(=O)O)CC4)ccc3C2=O)C(=O)N1. The first-order valence-corrected chi connectivity index (χ1v) is 8.89. The number of piperidine rings is 1. The average Bonchev–Trinajstić information content (AvgIpc) is 2.98. The number of benzene rings is 1. The molecule has 3 aliphatic heterocycles. The highest BCUT2D eigenvalue weighted by atomic mass is 16.4. The van der Waals surface area contributed by atoms with Crippen LogP contribution in [0.4, 0.5) is 4.79 Å². The molecular weight excluding hydrogens is 350 g/mol. The molecule has 0 radical (unpaired) electrons. The second kappa shape index (κ2) is 6.53. The minimum atomic E-state index is -0.926. The van der Waals surface area contributed by atoms with E-state index in [4.69, 9.17) is 5.11 Å². The maximum absolute atomic E-state index is 12.7.